The largest absolute Gasteiger partial charge is 0.348 e. The molecule has 0 aromatic carbocycles. The van der Waals surface area contributed by atoms with Gasteiger partial charge in [-0.25, -0.2) is 19.2 Å². The number of nitrogens with zero attached hydrogens (tertiary/aromatic N) is 5. The van der Waals surface area contributed by atoms with Gasteiger partial charge in [0, 0.05) is 30.2 Å². The third kappa shape index (κ3) is 4.01. The molecule has 0 radical (unpaired) electrons. The SMILES string of the molecule is O=C(NC1CCC(n2c(=O)c3cc(F)cnc3n(C3CCSC3)c2=O)CC1)c1cn2ccccc2n1. The second-order valence-corrected chi connectivity index (χ2v) is 10.6. The summed E-state index contributed by atoms with van der Waals surface area (Å²) in [6.07, 6.45) is 7.74. The lowest BCUT2D eigenvalue weighted by atomic mass is 9.90. The van der Waals surface area contributed by atoms with E-state index in [2.05, 4.69) is 15.3 Å². The highest BCUT2D eigenvalue weighted by molar-refractivity contribution is 7.99. The highest BCUT2D eigenvalue weighted by Gasteiger charge is 2.30. The number of pyridine rings is 2. The van der Waals surface area contributed by atoms with Gasteiger partial charge in [0.25, 0.3) is 11.5 Å². The first kappa shape index (κ1) is 23.0. The molecule has 2 fully saturated rings. The summed E-state index contributed by atoms with van der Waals surface area (Å²) in [4.78, 5) is 48.2. The molecule has 36 heavy (non-hydrogen) atoms. The molecule has 6 rings (SSSR count). The van der Waals surface area contributed by atoms with Crippen LogP contribution in [0.1, 0.15) is 54.7 Å². The van der Waals surface area contributed by atoms with Gasteiger partial charge in [-0.15, -0.1) is 0 Å². The summed E-state index contributed by atoms with van der Waals surface area (Å²) >= 11 is 1.75. The van der Waals surface area contributed by atoms with E-state index in [4.69, 9.17) is 0 Å². The number of imidazole rings is 1. The molecule has 186 valence electrons. The normalized spacial score (nSPS) is 22.3. The van der Waals surface area contributed by atoms with E-state index in [1.807, 2.05) is 24.4 Å². The van der Waals surface area contributed by atoms with E-state index in [0.29, 0.717) is 37.0 Å². The monoisotopic (exact) mass is 508 g/mol. The van der Waals surface area contributed by atoms with E-state index in [9.17, 15) is 18.8 Å². The smallest absolute Gasteiger partial charge is 0.333 e. The zero-order valence-electron chi connectivity index (χ0n) is 19.5. The van der Waals surface area contributed by atoms with Crippen molar-refractivity contribution in [2.45, 2.75) is 50.2 Å². The Labute approximate surface area is 209 Å². The molecule has 1 unspecified atom stereocenters. The van der Waals surface area contributed by atoms with Crippen LogP contribution < -0.4 is 16.6 Å². The summed E-state index contributed by atoms with van der Waals surface area (Å²) in [5, 5.41) is 3.18. The van der Waals surface area contributed by atoms with Crippen molar-refractivity contribution in [1.29, 1.82) is 0 Å². The first-order valence-corrected chi connectivity index (χ1v) is 13.3. The van der Waals surface area contributed by atoms with E-state index >= 15 is 0 Å². The number of carbonyl (C=O) groups excluding carboxylic acids is 1. The number of rotatable bonds is 4. The molecule has 0 spiro atoms. The Bertz CT molecular complexity index is 1550. The Hall–Kier alpha value is -3.47. The van der Waals surface area contributed by atoms with Gasteiger partial charge in [0.05, 0.1) is 17.6 Å². The molecule has 1 atom stereocenters. The van der Waals surface area contributed by atoms with Crippen LogP contribution >= 0.6 is 11.8 Å². The second kappa shape index (κ2) is 9.20. The third-order valence-corrected chi connectivity index (χ3v) is 8.33. The quantitative estimate of drug-likeness (QED) is 0.455. The molecule has 11 heteroatoms. The van der Waals surface area contributed by atoms with Crippen LogP contribution in [0.25, 0.3) is 16.7 Å². The summed E-state index contributed by atoms with van der Waals surface area (Å²) in [6.45, 7) is 0. The van der Waals surface area contributed by atoms with Crippen molar-refractivity contribution in [3.63, 3.8) is 0 Å². The first-order valence-electron chi connectivity index (χ1n) is 12.1. The van der Waals surface area contributed by atoms with Gasteiger partial charge < -0.3 is 9.72 Å². The Morgan fingerprint density at radius 3 is 2.67 bits per heavy atom. The lowest BCUT2D eigenvalue weighted by Crippen LogP contribution is -2.46. The van der Waals surface area contributed by atoms with Gasteiger partial charge >= 0.3 is 5.69 Å². The van der Waals surface area contributed by atoms with Gasteiger partial charge in [-0.3, -0.25) is 18.7 Å². The molecule has 5 heterocycles. The zero-order chi connectivity index (χ0) is 24.8. The van der Waals surface area contributed by atoms with Crippen molar-refractivity contribution in [3.8, 4) is 0 Å². The predicted molar refractivity (Wildman–Crippen MR) is 135 cm³/mol. The Morgan fingerprint density at radius 2 is 1.92 bits per heavy atom. The van der Waals surface area contributed by atoms with Crippen LogP contribution in [0, 0.1) is 5.82 Å². The fraction of sp³-hybridized carbons (Fsp3) is 0.400. The molecular formula is C25H25FN6O3S. The maximum Gasteiger partial charge on any atom is 0.333 e. The van der Waals surface area contributed by atoms with Gasteiger partial charge in [0.1, 0.15) is 22.8 Å². The van der Waals surface area contributed by atoms with Crippen LogP contribution in [0.3, 0.4) is 0 Å². The van der Waals surface area contributed by atoms with Crippen molar-refractivity contribution in [2.24, 2.45) is 0 Å². The molecule has 1 N–H and O–H groups in total. The average Bonchev–Trinajstić information content (AvgIpc) is 3.56. The highest BCUT2D eigenvalue weighted by Crippen LogP contribution is 2.30. The fourth-order valence-corrected chi connectivity index (χ4v) is 6.56. The van der Waals surface area contributed by atoms with Gasteiger partial charge in [0.2, 0.25) is 0 Å². The van der Waals surface area contributed by atoms with Gasteiger partial charge in [-0.2, -0.15) is 11.8 Å². The number of amides is 1. The minimum Gasteiger partial charge on any atom is -0.348 e. The third-order valence-electron chi connectivity index (χ3n) is 7.19. The maximum atomic E-state index is 14.0. The van der Waals surface area contributed by atoms with Crippen LogP contribution in [0.2, 0.25) is 0 Å². The molecule has 4 aromatic rings. The lowest BCUT2D eigenvalue weighted by Gasteiger charge is -2.30. The van der Waals surface area contributed by atoms with E-state index in [1.54, 1.807) is 26.9 Å². The highest BCUT2D eigenvalue weighted by atomic mass is 32.2. The number of aromatic nitrogens is 5. The van der Waals surface area contributed by atoms with E-state index < -0.39 is 11.4 Å². The summed E-state index contributed by atoms with van der Waals surface area (Å²) < 4.78 is 18.7. The molecule has 1 amide bonds. The molecule has 1 aliphatic carbocycles. The summed E-state index contributed by atoms with van der Waals surface area (Å²) in [5.41, 5.74) is 0.423. The fourth-order valence-electron chi connectivity index (χ4n) is 5.36. The molecule has 2 aliphatic rings. The summed E-state index contributed by atoms with van der Waals surface area (Å²) in [7, 11) is 0. The van der Waals surface area contributed by atoms with Crippen molar-refractivity contribution >= 4 is 34.3 Å². The predicted octanol–water partition coefficient (Wildman–Crippen LogP) is 2.94. The van der Waals surface area contributed by atoms with Crippen molar-refractivity contribution in [2.75, 3.05) is 11.5 Å². The first-order chi connectivity index (χ1) is 17.5. The molecular weight excluding hydrogens is 483 g/mol. The molecule has 1 aliphatic heterocycles. The van der Waals surface area contributed by atoms with Crippen molar-refractivity contribution < 1.29 is 9.18 Å². The number of hydrogen-bond donors (Lipinski definition) is 1. The zero-order valence-corrected chi connectivity index (χ0v) is 20.3. The molecule has 1 saturated heterocycles. The molecule has 9 nitrogen and oxygen atoms in total. The van der Waals surface area contributed by atoms with Crippen LogP contribution in [-0.2, 0) is 0 Å². The van der Waals surface area contributed by atoms with E-state index in [-0.39, 0.29) is 40.8 Å². The number of carbonyl (C=O) groups is 1. The Balaban J connectivity index is 1.25. The van der Waals surface area contributed by atoms with E-state index in [0.717, 1.165) is 24.1 Å². The minimum atomic E-state index is -0.601. The maximum absolute atomic E-state index is 14.0. The number of hydrogen-bond acceptors (Lipinski definition) is 6. The number of halogens is 1. The summed E-state index contributed by atoms with van der Waals surface area (Å²) in [6, 6.07) is 6.28. The van der Waals surface area contributed by atoms with Crippen LogP contribution in [0.5, 0.6) is 0 Å². The standard InChI is InChI=1S/C25H25FN6O3S/c26-15-11-19-22(27-12-15)31(18-8-10-36-14-18)25(35)32(24(19)34)17-6-4-16(5-7-17)28-23(33)20-13-30-9-2-1-3-21(30)29-20/h1-3,9,11-13,16-18H,4-8,10,14H2,(H,28,33). The Morgan fingerprint density at radius 1 is 1.08 bits per heavy atom. The second-order valence-electron chi connectivity index (χ2n) is 9.44. The van der Waals surface area contributed by atoms with Crippen LogP contribution in [0.15, 0.2) is 52.4 Å². The minimum absolute atomic E-state index is 0.0733. The summed E-state index contributed by atoms with van der Waals surface area (Å²) in [5.74, 6) is 0.840. The van der Waals surface area contributed by atoms with Gasteiger partial charge in [-0.1, -0.05) is 6.07 Å². The van der Waals surface area contributed by atoms with Crippen LogP contribution in [0.4, 0.5) is 4.39 Å². The number of nitrogens with one attached hydrogen (secondary N) is 1. The number of thioether (sulfide) groups is 1. The Kier molecular flexibility index (Phi) is 5.87. The number of fused-ring (bicyclic) bond motifs is 2. The molecule has 0 bridgehead atoms. The van der Waals surface area contributed by atoms with Crippen LogP contribution in [-0.4, -0.2) is 47.0 Å². The van der Waals surface area contributed by atoms with Crippen molar-refractivity contribution in [1.82, 2.24) is 28.8 Å². The lowest BCUT2D eigenvalue weighted by molar-refractivity contribution is 0.0917. The van der Waals surface area contributed by atoms with E-state index in [1.165, 1.54) is 10.6 Å². The van der Waals surface area contributed by atoms with Crippen molar-refractivity contribution in [3.05, 3.63) is 75.2 Å². The molecule has 1 saturated carbocycles. The van der Waals surface area contributed by atoms with Gasteiger partial charge in [0.15, 0.2) is 0 Å². The average molecular weight is 509 g/mol. The molecule has 4 aromatic heterocycles. The van der Waals surface area contributed by atoms with Gasteiger partial charge in [-0.05, 0) is 56.1 Å². The topological polar surface area (TPSA) is 103 Å².